The van der Waals surface area contributed by atoms with Gasteiger partial charge in [0, 0.05) is 18.1 Å². The molecule has 6 nitrogen and oxygen atoms in total. The normalized spacial score (nSPS) is 11.3. The van der Waals surface area contributed by atoms with Crippen LogP contribution in [0.25, 0.3) is 0 Å². The predicted molar refractivity (Wildman–Crippen MR) is 194 cm³/mol. The average Bonchev–Trinajstić information content (AvgIpc) is 3.08. The Labute approximate surface area is 278 Å². The summed E-state index contributed by atoms with van der Waals surface area (Å²) in [6.07, 6.45) is 8.43. The van der Waals surface area contributed by atoms with Gasteiger partial charge in [0.25, 0.3) is 0 Å². The fourth-order valence-electron chi connectivity index (χ4n) is 4.10. The van der Waals surface area contributed by atoms with Crippen molar-refractivity contribution in [3.05, 3.63) is 119 Å². The van der Waals surface area contributed by atoms with Crippen LogP contribution in [0.2, 0.25) is 0 Å². The number of nitrogens with two attached hydrogens (primary N) is 1. The molecule has 7 heteroatoms. The number of halogens is 1. The lowest BCUT2D eigenvalue weighted by Gasteiger charge is -2.23. The van der Waals surface area contributed by atoms with E-state index in [2.05, 4.69) is 53.6 Å². The summed E-state index contributed by atoms with van der Waals surface area (Å²) >= 11 is 5.21. The number of alkyl halides is 1. The van der Waals surface area contributed by atoms with E-state index in [1.165, 1.54) is 5.71 Å². The highest BCUT2D eigenvalue weighted by Gasteiger charge is 2.12. The molecule has 246 valence electrons. The Morgan fingerprint density at radius 2 is 1.49 bits per heavy atom. The van der Waals surface area contributed by atoms with E-state index in [1.807, 2.05) is 89.4 Å². The highest BCUT2D eigenvalue weighted by Crippen LogP contribution is 2.31. The molecule has 0 bridgehead atoms. The number of nitrogens with one attached hydrogen (secondary N) is 1. The van der Waals surface area contributed by atoms with Gasteiger partial charge in [-0.3, -0.25) is 5.01 Å². The number of nitrogens with zero attached hydrogens (tertiary/aromatic N) is 2. The molecule has 45 heavy (non-hydrogen) atoms. The van der Waals surface area contributed by atoms with E-state index in [-0.39, 0.29) is 0 Å². The molecule has 0 saturated carbocycles. The second-order valence-corrected chi connectivity index (χ2v) is 10.5. The fourth-order valence-corrected chi connectivity index (χ4v) is 4.28. The molecule has 3 rings (SSSR count). The van der Waals surface area contributed by atoms with Crippen molar-refractivity contribution in [3.8, 4) is 11.5 Å². The monoisotopic (exact) mass is 634 g/mol. The highest BCUT2D eigenvalue weighted by atomic mass is 35.5. The lowest BCUT2D eigenvalue weighted by Crippen LogP contribution is -2.23. The summed E-state index contributed by atoms with van der Waals surface area (Å²) in [4.78, 5) is 0. The van der Waals surface area contributed by atoms with E-state index >= 15 is 0 Å². The van der Waals surface area contributed by atoms with Crippen molar-refractivity contribution >= 4 is 17.3 Å². The molecule has 0 atom stereocenters. The van der Waals surface area contributed by atoms with Gasteiger partial charge in [-0.15, -0.1) is 11.6 Å². The van der Waals surface area contributed by atoms with Crippen LogP contribution in [-0.2, 0) is 19.8 Å². The molecule has 0 radical (unpaired) electrons. The summed E-state index contributed by atoms with van der Waals surface area (Å²) in [5.41, 5.74) is 11.4. The molecule has 0 saturated heterocycles. The summed E-state index contributed by atoms with van der Waals surface area (Å²) < 4.78 is 12.5. The van der Waals surface area contributed by atoms with E-state index in [0.717, 1.165) is 59.6 Å². The topological polar surface area (TPSA) is 72.1 Å². The van der Waals surface area contributed by atoms with Gasteiger partial charge in [0.2, 0.25) is 0 Å². The smallest absolute Gasteiger partial charge is 0.162 e. The van der Waals surface area contributed by atoms with E-state index in [0.29, 0.717) is 32.2 Å². The number of hydrogen-bond acceptors (Lipinski definition) is 6. The number of benzene rings is 3. The van der Waals surface area contributed by atoms with E-state index in [1.54, 1.807) is 6.20 Å². The largest absolute Gasteiger partial charge is 0.485 e. The lowest BCUT2D eigenvalue weighted by molar-refractivity contribution is 0.254. The molecule has 0 spiro atoms. The van der Waals surface area contributed by atoms with Crippen molar-refractivity contribution in [2.24, 2.45) is 10.8 Å². The third-order valence-electron chi connectivity index (χ3n) is 6.37. The quantitative estimate of drug-likeness (QED) is 0.0670. The Bertz CT molecular complexity index is 1250. The molecular formula is C38H55ClN4O2. The third-order valence-corrected chi connectivity index (χ3v) is 6.55. The van der Waals surface area contributed by atoms with Gasteiger partial charge in [-0.1, -0.05) is 106 Å². The molecular weight excluding hydrogens is 580 g/mol. The molecule has 0 amide bonds. The number of ether oxygens (including phenoxy) is 2. The molecule has 3 aromatic carbocycles. The zero-order chi connectivity index (χ0) is 33.1. The minimum atomic E-state index is 0.466. The summed E-state index contributed by atoms with van der Waals surface area (Å²) in [5, 5.41) is 10.4. The maximum absolute atomic E-state index is 6.29. The van der Waals surface area contributed by atoms with Gasteiger partial charge in [0.15, 0.2) is 11.5 Å². The lowest BCUT2D eigenvalue weighted by atomic mass is 10.1. The molecule has 0 aromatic heterocycles. The molecule has 0 heterocycles. The van der Waals surface area contributed by atoms with Crippen LogP contribution in [0.5, 0.6) is 11.5 Å². The van der Waals surface area contributed by atoms with Crippen LogP contribution >= 0.6 is 11.6 Å². The van der Waals surface area contributed by atoms with Crippen molar-refractivity contribution < 1.29 is 9.47 Å². The number of hydrogen-bond donors (Lipinski definition) is 2. The standard InChI is InChI=1S/C32H42N4O2.C4H7Cl.C2H6/c1-4-11-30(18-19-34-3)35-36(22-26(2)21-33)23-29-16-17-31(37-24-27-12-7-5-8-13-27)32(20-29)38-25-28-14-9-6-10-15-28;1-2-3-4-5;1-2/h5-10,12-17,20-21,34H,4,11,18-19,22-25,33H2,1-3H3;2-3H,4H2,1H3;1-2H3/b26-21+,35-30+;3-2-;. The number of allylic oxidation sites excluding steroid dienone is 2. The van der Waals surface area contributed by atoms with Crippen molar-refractivity contribution in [3.63, 3.8) is 0 Å². The van der Waals surface area contributed by atoms with Crippen molar-refractivity contribution in [1.82, 2.24) is 10.3 Å². The van der Waals surface area contributed by atoms with Gasteiger partial charge in [0.1, 0.15) is 13.2 Å². The SMILES string of the molecule is C/C=C\CCl.CC.CCC/C(CCNC)=N\N(C/C(C)=C/N)Cc1ccc(OCc2ccccc2)c(OCc2ccccc2)c1. The second-order valence-electron chi connectivity index (χ2n) is 10.2. The van der Waals surface area contributed by atoms with Crippen LogP contribution in [0.1, 0.15) is 70.6 Å². The minimum absolute atomic E-state index is 0.466. The first-order valence-electron chi connectivity index (χ1n) is 16.0. The van der Waals surface area contributed by atoms with Gasteiger partial charge < -0.3 is 20.5 Å². The molecule has 0 fully saturated rings. The highest BCUT2D eigenvalue weighted by molar-refractivity contribution is 6.18. The number of hydrazone groups is 1. The molecule has 0 unspecified atom stereocenters. The van der Waals surface area contributed by atoms with E-state index in [9.17, 15) is 0 Å². The fraction of sp³-hybridized carbons (Fsp3) is 0.395. The molecule has 3 aromatic rings. The summed E-state index contributed by atoms with van der Waals surface area (Å²) in [7, 11) is 1.97. The van der Waals surface area contributed by atoms with Gasteiger partial charge in [-0.25, -0.2) is 0 Å². The third kappa shape index (κ3) is 17.4. The van der Waals surface area contributed by atoms with Gasteiger partial charge >= 0.3 is 0 Å². The Morgan fingerprint density at radius 3 is 1.98 bits per heavy atom. The average molecular weight is 635 g/mol. The Balaban J connectivity index is 0.00000131. The van der Waals surface area contributed by atoms with E-state index < -0.39 is 0 Å². The Kier molecular flexibility index (Phi) is 22.3. The van der Waals surface area contributed by atoms with Gasteiger partial charge in [-0.2, -0.15) is 5.10 Å². The summed E-state index contributed by atoms with van der Waals surface area (Å²) in [6, 6.07) is 26.5. The molecule has 0 aliphatic rings. The van der Waals surface area contributed by atoms with Crippen LogP contribution in [0.4, 0.5) is 0 Å². The Hall–Kier alpha value is -3.74. The first kappa shape index (κ1) is 39.3. The first-order valence-corrected chi connectivity index (χ1v) is 16.5. The van der Waals surface area contributed by atoms with E-state index in [4.69, 9.17) is 31.9 Å². The predicted octanol–water partition coefficient (Wildman–Crippen LogP) is 9.10. The second kappa shape index (κ2) is 25.6. The summed E-state index contributed by atoms with van der Waals surface area (Å²) in [5.74, 6) is 2.08. The first-order chi connectivity index (χ1) is 22.0. The van der Waals surface area contributed by atoms with Crippen molar-refractivity contribution in [2.45, 2.75) is 73.6 Å². The van der Waals surface area contributed by atoms with Crippen molar-refractivity contribution in [1.29, 1.82) is 0 Å². The van der Waals surface area contributed by atoms with Crippen LogP contribution in [0.3, 0.4) is 0 Å². The zero-order valence-electron chi connectivity index (χ0n) is 28.3. The molecule has 0 aliphatic carbocycles. The molecule has 3 N–H and O–H groups in total. The van der Waals surface area contributed by atoms with Gasteiger partial charge in [0.05, 0.1) is 13.1 Å². The van der Waals surface area contributed by atoms with Crippen LogP contribution in [0.15, 0.2) is 108 Å². The Morgan fingerprint density at radius 1 is 0.889 bits per heavy atom. The zero-order valence-corrected chi connectivity index (χ0v) is 29.0. The number of rotatable bonds is 17. The maximum atomic E-state index is 6.29. The van der Waals surface area contributed by atoms with Crippen LogP contribution in [0, 0.1) is 0 Å². The minimum Gasteiger partial charge on any atom is -0.485 e. The maximum Gasteiger partial charge on any atom is 0.162 e. The van der Waals surface area contributed by atoms with Crippen LogP contribution < -0.4 is 20.5 Å². The van der Waals surface area contributed by atoms with Crippen molar-refractivity contribution in [2.75, 3.05) is 26.0 Å². The summed E-state index contributed by atoms with van der Waals surface area (Å²) in [6.45, 7) is 13.3. The van der Waals surface area contributed by atoms with Gasteiger partial charge in [-0.05, 0) is 74.3 Å². The van der Waals surface area contributed by atoms with Crippen LogP contribution in [-0.4, -0.2) is 36.7 Å². The molecule has 0 aliphatic heterocycles.